The standard InChI is InChI=1S/C22H28ClNO2Si/c1-22(2,13-16-15-26-21-19(23)14-24-20(16)21)27(25,17-9-5-3-6-10-17)18-11-7-4-8-12-18/h3-12,16,19-21,24-25H,13-15H2,1-2H3/t16-,19+,20?,21?/m0/s1. The number of alkyl halides is 1. The summed E-state index contributed by atoms with van der Waals surface area (Å²) in [6, 6.07) is 20.7. The van der Waals surface area contributed by atoms with Crippen LogP contribution in [0.1, 0.15) is 20.3 Å². The number of nitrogens with one attached hydrogen (secondary N) is 1. The molecule has 0 amide bonds. The molecule has 2 fully saturated rings. The Balaban J connectivity index is 1.69. The molecule has 144 valence electrons. The Morgan fingerprint density at radius 2 is 1.63 bits per heavy atom. The summed E-state index contributed by atoms with van der Waals surface area (Å²) in [5.41, 5.74) is 0. The lowest BCUT2D eigenvalue weighted by molar-refractivity contribution is 0.109. The van der Waals surface area contributed by atoms with E-state index >= 15 is 0 Å². The second kappa shape index (κ2) is 7.34. The minimum Gasteiger partial charge on any atom is -0.424 e. The van der Waals surface area contributed by atoms with Gasteiger partial charge in [-0.15, -0.1) is 11.6 Å². The normalized spacial score (nSPS) is 28.3. The number of hydrogen-bond acceptors (Lipinski definition) is 3. The van der Waals surface area contributed by atoms with E-state index < -0.39 is 8.32 Å². The smallest absolute Gasteiger partial charge is 0.258 e. The van der Waals surface area contributed by atoms with Crippen molar-refractivity contribution in [3.8, 4) is 0 Å². The molecule has 3 nitrogen and oxygen atoms in total. The van der Waals surface area contributed by atoms with Gasteiger partial charge in [-0.25, -0.2) is 0 Å². The van der Waals surface area contributed by atoms with Crippen LogP contribution in [0.3, 0.4) is 0 Å². The van der Waals surface area contributed by atoms with Crippen molar-refractivity contribution in [1.29, 1.82) is 0 Å². The van der Waals surface area contributed by atoms with E-state index in [4.69, 9.17) is 16.3 Å². The van der Waals surface area contributed by atoms with Crippen LogP contribution in [0, 0.1) is 5.92 Å². The van der Waals surface area contributed by atoms with E-state index in [1.807, 2.05) is 36.4 Å². The molecule has 2 aromatic rings. The Morgan fingerprint density at radius 3 is 2.19 bits per heavy atom. The van der Waals surface area contributed by atoms with Crippen molar-refractivity contribution in [1.82, 2.24) is 5.32 Å². The van der Waals surface area contributed by atoms with Crippen LogP contribution >= 0.6 is 11.6 Å². The van der Waals surface area contributed by atoms with Gasteiger partial charge in [-0.2, -0.15) is 0 Å². The van der Waals surface area contributed by atoms with Crippen LogP contribution in [0.5, 0.6) is 0 Å². The zero-order valence-corrected chi connectivity index (χ0v) is 17.7. The van der Waals surface area contributed by atoms with Crippen molar-refractivity contribution in [2.45, 2.75) is 42.8 Å². The summed E-state index contributed by atoms with van der Waals surface area (Å²) in [4.78, 5) is 12.3. The Morgan fingerprint density at radius 1 is 1.07 bits per heavy atom. The monoisotopic (exact) mass is 401 g/mol. The van der Waals surface area contributed by atoms with E-state index in [0.717, 1.165) is 23.3 Å². The van der Waals surface area contributed by atoms with Crippen molar-refractivity contribution in [3.05, 3.63) is 60.7 Å². The summed E-state index contributed by atoms with van der Waals surface area (Å²) < 4.78 is 6.01. The van der Waals surface area contributed by atoms with Gasteiger partial charge in [-0.05, 0) is 21.8 Å². The molecule has 0 aromatic heterocycles. The zero-order chi connectivity index (χ0) is 19.1. The highest BCUT2D eigenvalue weighted by atomic mass is 35.5. The average Bonchev–Trinajstić information content (AvgIpc) is 3.25. The molecule has 0 bridgehead atoms. The van der Waals surface area contributed by atoms with Crippen LogP contribution in [-0.4, -0.2) is 43.8 Å². The van der Waals surface area contributed by atoms with Gasteiger partial charge in [-0.1, -0.05) is 74.5 Å². The van der Waals surface area contributed by atoms with E-state index in [1.165, 1.54) is 0 Å². The third kappa shape index (κ3) is 3.28. The fourth-order valence-electron chi connectivity index (χ4n) is 4.98. The summed E-state index contributed by atoms with van der Waals surface area (Å²) in [7, 11) is -2.97. The highest BCUT2D eigenvalue weighted by Gasteiger charge is 2.54. The van der Waals surface area contributed by atoms with E-state index in [9.17, 15) is 4.80 Å². The third-order valence-electron chi connectivity index (χ3n) is 6.40. The lowest BCUT2D eigenvalue weighted by atomic mass is 9.90. The van der Waals surface area contributed by atoms with Gasteiger partial charge >= 0.3 is 0 Å². The van der Waals surface area contributed by atoms with Crippen molar-refractivity contribution in [2.75, 3.05) is 13.2 Å². The zero-order valence-electron chi connectivity index (χ0n) is 15.9. The predicted octanol–water partition coefficient (Wildman–Crippen LogP) is 2.50. The number of halogens is 1. The molecule has 2 aliphatic rings. The highest BCUT2D eigenvalue weighted by molar-refractivity contribution is 6.98. The molecule has 2 aliphatic heterocycles. The van der Waals surface area contributed by atoms with Gasteiger partial charge in [0.05, 0.1) is 18.1 Å². The van der Waals surface area contributed by atoms with E-state index in [2.05, 4.69) is 43.4 Å². The predicted molar refractivity (Wildman–Crippen MR) is 113 cm³/mol. The third-order valence-corrected chi connectivity index (χ3v) is 11.3. The maximum atomic E-state index is 12.3. The number of ether oxygens (including phenoxy) is 1. The first-order chi connectivity index (χ1) is 12.9. The van der Waals surface area contributed by atoms with Crippen LogP contribution < -0.4 is 15.7 Å². The second-order valence-electron chi connectivity index (χ2n) is 8.54. The van der Waals surface area contributed by atoms with Gasteiger partial charge in [0.25, 0.3) is 8.32 Å². The average molecular weight is 402 g/mol. The van der Waals surface area contributed by atoms with Crippen molar-refractivity contribution < 1.29 is 9.53 Å². The molecule has 5 heteroatoms. The summed E-state index contributed by atoms with van der Waals surface area (Å²) >= 11 is 6.40. The number of rotatable bonds is 5. The maximum Gasteiger partial charge on any atom is 0.258 e. The van der Waals surface area contributed by atoms with Crippen LogP contribution in [0.25, 0.3) is 0 Å². The molecule has 0 spiro atoms. The van der Waals surface area contributed by atoms with Crippen LogP contribution in [0.4, 0.5) is 0 Å². The number of benzene rings is 2. The van der Waals surface area contributed by atoms with Crippen molar-refractivity contribution in [2.24, 2.45) is 5.92 Å². The van der Waals surface area contributed by atoms with Gasteiger partial charge in [0.1, 0.15) is 0 Å². The van der Waals surface area contributed by atoms with E-state index in [0.29, 0.717) is 12.5 Å². The number of hydrogen-bond donors (Lipinski definition) is 2. The summed E-state index contributed by atoms with van der Waals surface area (Å²) in [5, 5.41) is 5.46. The molecule has 2 saturated heterocycles. The molecule has 27 heavy (non-hydrogen) atoms. The van der Waals surface area contributed by atoms with Crippen molar-refractivity contribution >= 4 is 30.3 Å². The summed E-state index contributed by atoms with van der Waals surface area (Å²) in [6.07, 6.45) is 0.993. The first kappa shape index (κ1) is 19.2. The molecule has 2 unspecified atom stereocenters. The van der Waals surface area contributed by atoms with E-state index in [1.54, 1.807) is 0 Å². The topological polar surface area (TPSA) is 41.5 Å². The Hall–Kier alpha value is -1.17. The lowest BCUT2D eigenvalue weighted by Crippen LogP contribution is -2.66. The SMILES string of the molecule is CC(C)(C[C@H]1COC2C1NC[C@H]2Cl)[Si](O)(c1ccccc1)c1ccccc1. The fraction of sp³-hybridized carbons (Fsp3) is 0.455. The molecule has 2 heterocycles. The Labute approximate surface area is 167 Å². The molecular formula is C22H28ClNO2Si. The van der Waals surface area contributed by atoms with Gasteiger partial charge in [0.15, 0.2) is 0 Å². The Bertz CT molecular complexity index is 731. The van der Waals surface area contributed by atoms with Gasteiger partial charge in [0, 0.05) is 18.5 Å². The highest BCUT2D eigenvalue weighted by Crippen LogP contribution is 2.45. The van der Waals surface area contributed by atoms with Crippen molar-refractivity contribution in [3.63, 3.8) is 0 Å². The number of fused-ring (bicyclic) bond motifs is 1. The molecule has 4 atom stereocenters. The maximum absolute atomic E-state index is 12.3. The largest absolute Gasteiger partial charge is 0.424 e. The fourth-order valence-corrected chi connectivity index (χ4v) is 9.11. The molecular weight excluding hydrogens is 374 g/mol. The van der Waals surface area contributed by atoms with Gasteiger partial charge < -0.3 is 14.8 Å². The van der Waals surface area contributed by atoms with E-state index in [-0.39, 0.29) is 22.6 Å². The van der Waals surface area contributed by atoms with Crippen LogP contribution in [0.2, 0.25) is 5.04 Å². The molecule has 0 radical (unpaired) electrons. The van der Waals surface area contributed by atoms with Gasteiger partial charge in [0.2, 0.25) is 0 Å². The summed E-state index contributed by atoms with van der Waals surface area (Å²) in [6.45, 7) is 5.95. The molecule has 2 aromatic carbocycles. The minimum atomic E-state index is -2.97. The minimum absolute atomic E-state index is 0.0440. The quantitative estimate of drug-likeness (QED) is 0.597. The van der Waals surface area contributed by atoms with Crippen LogP contribution in [0.15, 0.2) is 60.7 Å². The molecule has 0 aliphatic carbocycles. The Kier molecular flexibility index (Phi) is 5.21. The molecule has 4 rings (SSSR count). The molecule has 0 saturated carbocycles. The van der Waals surface area contributed by atoms with Crippen LogP contribution in [-0.2, 0) is 4.74 Å². The first-order valence-electron chi connectivity index (χ1n) is 9.76. The molecule has 2 N–H and O–H groups in total. The first-order valence-corrected chi connectivity index (χ1v) is 12.1. The van der Waals surface area contributed by atoms with Gasteiger partial charge in [-0.3, -0.25) is 0 Å². The summed E-state index contributed by atoms with van der Waals surface area (Å²) in [5.74, 6) is 0.361. The second-order valence-corrected chi connectivity index (χ2v) is 13.0. The lowest BCUT2D eigenvalue weighted by Gasteiger charge is -2.43.